The van der Waals surface area contributed by atoms with Crippen LogP contribution in [0.25, 0.3) is 16.7 Å². The maximum absolute atomic E-state index is 13.5. The number of halogens is 2. The molecule has 0 saturated carbocycles. The van der Waals surface area contributed by atoms with Crippen LogP contribution in [0.4, 0.5) is 4.39 Å². The van der Waals surface area contributed by atoms with Gasteiger partial charge in [-0.15, -0.1) is 11.6 Å². The molecule has 0 atom stereocenters. The van der Waals surface area contributed by atoms with Crippen molar-refractivity contribution in [2.45, 2.75) is 12.8 Å². The van der Waals surface area contributed by atoms with Crippen molar-refractivity contribution < 1.29 is 4.39 Å². The zero-order valence-electron chi connectivity index (χ0n) is 11.3. The average Bonchev–Trinajstić information content (AvgIpc) is 2.85. The smallest absolute Gasteiger partial charge is 0.141 e. The number of aromatic nitrogens is 2. The summed E-state index contributed by atoms with van der Waals surface area (Å²) in [5.74, 6) is 0.356. The molecule has 3 rings (SSSR count). The molecule has 3 nitrogen and oxygen atoms in total. The molecule has 0 spiro atoms. The van der Waals surface area contributed by atoms with Crippen molar-refractivity contribution in [1.29, 1.82) is 5.26 Å². The van der Waals surface area contributed by atoms with Crippen LogP contribution >= 0.6 is 11.6 Å². The molecule has 0 unspecified atom stereocenters. The third-order valence-electron chi connectivity index (χ3n) is 3.33. The van der Waals surface area contributed by atoms with Gasteiger partial charge in [-0.05, 0) is 42.8 Å². The highest BCUT2D eigenvalue weighted by Gasteiger charge is 2.13. The lowest BCUT2D eigenvalue weighted by Gasteiger charge is -2.09. The van der Waals surface area contributed by atoms with Gasteiger partial charge in [-0.2, -0.15) is 5.26 Å². The summed E-state index contributed by atoms with van der Waals surface area (Å²) in [5.41, 5.74) is 3.48. The number of nitrogens with zero attached hydrogens (tertiary/aromatic N) is 3. The van der Waals surface area contributed by atoms with Gasteiger partial charge in [-0.1, -0.05) is 6.07 Å². The van der Waals surface area contributed by atoms with E-state index in [4.69, 9.17) is 16.9 Å². The molecule has 0 N–H and O–H groups in total. The van der Waals surface area contributed by atoms with Crippen LogP contribution in [0.3, 0.4) is 0 Å². The van der Waals surface area contributed by atoms with E-state index in [1.165, 1.54) is 12.1 Å². The third-order valence-corrected chi connectivity index (χ3v) is 3.57. The van der Waals surface area contributed by atoms with Gasteiger partial charge in [0.15, 0.2) is 0 Å². The fourth-order valence-corrected chi connectivity index (χ4v) is 2.53. The minimum atomic E-state index is -0.533. The Balaban J connectivity index is 2.33. The molecular formula is C16H11ClFN3. The molecule has 0 saturated heterocycles. The lowest BCUT2D eigenvalue weighted by molar-refractivity contribution is 0.623. The highest BCUT2D eigenvalue weighted by atomic mass is 35.5. The van der Waals surface area contributed by atoms with E-state index in [1.54, 1.807) is 6.07 Å². The molecule has 104 valence electrons. The van der Waals surface area contributed by atoms with Crippen LogP contribution in [0.1, 0.15) is 17.0 Å². The van der Waals surface area contributed by atoms with E-state index in [-0.39, 0.29) is 11.4 Å². The predicted octanol–water partition coefficient (Wildman–Crippen LogP) is 4.08. The second-order valence-electron chi connectivity index (χ2n) is 4.77. The van der Waals surface area contributed by atoms with Crippen LogP contribution in [0.15, 0.2) is 36.4 Å². The Morgan fingerprint density at radius 1 is 1.29 bits per heavy atom. The number of aryl methyl sites for hydroxylation is 1. The molecule has 5 heteroatoms. The topological polar surface area (TPSA) is 41.6 Å². The van der Waals surface area contributed by atoms with Crippen LogP contribution in [0, 0.1) is 24.1 Å². The number of hydrogen-bond acceptors (Lipinski definition) is 2. The summed E-state index contributed by atoms with van der Waals surface area (Å²) in [4.78, 5) is 4.48. The zero-order valence-corrected chi connectivity index (χ0v) is 12.0. The van der Waals surface area contributed by atoms with Crippen molar-refractivity contribution in [3.05, 3.63) is 59.2 Å². The van der Waals surface area contributed by atoms with Crippen molar-refractivity contribution in [2.75, 3.05) is 0 Å². The van der Waals surface area contributed by atoms with E-state index in [2.05, 4.69) is 4.98 Å². The van der Waals surface area contributed by atoms with E-state index in [9.17, 15) is 4.39 Å². The SMILES string of the molecule is Cc1ccc2nc(CCl)n(-c3ccc(F)c(C#N)c3)c2c1. The molecule has 1 heterocycles. The van der Waals surface area contributed by atoms with Gasteiger partial charge in [0, 0.05) is 5.69 Å². The molecule has 0 amide bonds. The molecule has 3 aromatic rings. The third kappa shape index (κ3) is 2.26. The first-order valence-electron chi connectivity index (χ1n) is 6.38. The Bertz CT molecular complexity index is 877. The van der Waals surface area contributed by atoms with Crippen LogP contribution in [-0.2, 0) is 5.88 Å². The minimum Gasteiger partial charge on any atom is -0.295 e. The standard InChI is InChI=1S/C16H11ClFN3/c1-10-2-5-14-15(6-10)21(16(8-17)20-14)12-3-4-13(18)11(7-12)9-19/h2-7H,8H2,1H3. The zero-order chi connectivity index (χ0) is 15.0. The first-order valence-corrected chi connectivity index (χ1v) is 6.91. The highest BCUT2D eigenvalue weighted by molar-refractivity contribution is 6.17. The van der Waals surface area contributed by atoms with Gasteiger partial charge in [0.1, 0.15) is 17.7 Å². The van der Waals surface area contributed by atoms with E-state index in [0.717, 1.165) is 16.6 Å². The van der Waals surface area contributed by atoms with Crippen LogP contribution in [0.5, 0.6) is 0 Å². The Morgan fingerprint density at radius 3 is 2.81 bits per heavy atom. The van der Waals surface area contributed by atoms with E-state index in [1.807, 2.05) is 35.8 Å². The molecule has 0 radical (unpaired) electrons. The molecular weight excluding hydrogens is 289 g/mol. The summed E-state index contributed by atoms with van der Waals surface area (Å²) in [7, 11) is 0. The number of imidazole rings is 1. The van der Waals surface area contributed by atoms with Crippen LogP contribution < -0.4 is 0 Å². The number of hydrogen-bond donors (Lipinski definition) is 0. The van der Waals surface area contributed by atoms with Crippen molar-refractivity contribution >= 4 is 22.6 Å². The van der Waals surface area contributed by atoms with Gasteiger partial charge in [-0.25, -0.2) is 9.37 Å². The van der Waals surface area contributed by atoms with Gasteiger partial charge in [-0.3, -0.25) is 4.57 Å². The van der Waals surface area contributed by atoms with Gasteiger partial charge in [0.05, 0.1) is 22.5 Å². The van der Waals surface area contributed by atoms with Crippen molar-refractivity contribution in [3.63, 3.8) is 0 Å². The molecule has 1 aromatic heterocycles. The van der Waals surface area contributed by atoms with Crippen molar-refractivity contribution in [2.24, 2.45) is 0 Å². The molecule has 0 aliphatic rings. The average molecular weight is 300 g/mol. The highest BCUT2D eigenvalue weighted by Crippen LogP contribution is 2.25. The quantitative estimate of drug-likeness (QED) is 0.669. The summed E-state index contributed by atoms with van der Waals surface area (Å²) in [6.07, 6.45) is 0. The Kier molecular flexibility index (Phi) is 3.36. The van der Waals surface area contributed by atoms with E-state index in [0.29, 0.717) is 11.5 Å². The van der Waals surface area contributed by atoms with Crippen molar-refractivity contribution in [1.82, 2.24) is 9.55 Å². The molecule has 2 aromatic carbocycles. The lowest BCUT2D eigenvalue weighted by atomic mass is 10.2. The Hall–Kier alpha value is -2.38. The largest absolute Gasteiger partial charge is 0.295 e. The normalized spacial score (nSPS) is 10.8. The Labute approximate surface area is 126 Å². The maximum Gasteiger partial charge on any atom is 0.141 e. The van der Waals surface area contributed by atoms with E-state index >= 15 is 0 Å². The number of nitriles is 1. The minimum absolute atomic E-state index is 0.00234. The summed E-state index contributed by atoms with van der Waals surface area (Å²) in [5, 5.41) is 8.98. The predicted molar refractivity (Wildman–Crippen MR) is 80.0 cm³/mol. The van der Waals surface area contributed by atoms with Gasteiger partial charge in [0.2, 0.25) is 0 Å². The molecule has 0 aliphatic carbocycles. The molecule has 0 bridgehead atoms. The number of benzene rings is 2. The fourth-order valence-electron chi connectivity index (χ4n) is 2.35. The Morgan fingerprint density at radius 2 is 2.10 bits per heavy atom. The second-order valence-corrected chi connectivity index (χ2v) is 5.03. The summed E-state index contributed by atoms with van der Waals surface area (Å²) >= 11 is 5.98. The number of alkyl halides is 1. The first kappa shape index (κ1) is 13.6. The van der Waals surface area contributed by atoms with Crippen molar-refractivity contribution in [3.8, 4) is 11.8 Å². The summed E-state index contributed by atoms with van der Waals surface area (Å²) in [6.45, 7) is 1.99. The fraction of sp³-hybridized carbons (Fsp3) is 0.125. The monoisotopic (exact) mass is 299 g/mol. The molecule has 0 aliphatic heterocycles. The van der Waals surface area contributed by atoms with Gasteiger partial charge in [0.25, 0.3) is 0 Å². The van der Waals surface area contributed by atoms with E-state index < -0.39 is 5.82 Å². The first-order chi connectivity index (χ1) is 10.1. The lowest BCUT2D eigenvalue weighted by Crippen LogP contribution is -2.00. The van der Waals surface area contributed by atoms with Gasteiger partial charge >= 0.3 is 0 Å². The second kappa shape index (κ2) is 5.19. The molecule has 21 heavy (non-hydrogen) atoms. The number of fused-ring (bicyclic) bond motifs is 1. The number of rotatable bonds is 2. The van der Waals surface area contributed by atoms with Crippen LogP contribution in [0.2, 0.25) is 0 Å². The summed E-state index contributed by atoms with van der Waals surface area (Å²) in [6, 6.07) is 12.2. The van der Waals surface area contributed by atoms with Crippen LogP contribution in [-0.4, -0.2) is 9.55 Å². The summed E-state index contributed by atoms with van der Waals surface area (Å²) < 4.78 is 15.4. The molecule has 0 fully saturated rings. The maximum atomic E-state index is 13.5. The van der Waals surface area contributed by atoms with Gasteiger partial charge < -0.3 is 0 Å².